The van der Waals surface area contributed by atoms with Crippen molar-refractivity contribution in [3.05, 3.63) is 209 Å². The highest BCUT2D eigenvalue weighted by Crippen LogP contribution is 2.44. The lowest BCUT2D eigenvalue weighted by molar-refractivity contribution is 0.619. The van der Waals surface area contributed by atoms with Gasteiger partial charge in [-0.05, 0) is 99.5 Å². The number of furan rings is 1. The van der Waals surface area contributed by atoms with Crippen LogP contribution >= 0.6 is 0 Å². The van der Waals surface area contributed by atoms with E-state index in [4.69, 9.17) is 9.41 Å². The average Bonchev–Trinajstić information content (AvgIpc) is 3.66. The van der Waals surface area contributed by atoms with E-state index >= 15 is 0 Å². The van der Waals surface area contributed by atoms with E-state index in [-0.39, 0.29) is 12.1 Å². The Labute approximate surface area is 320 Å². The van der Waals surface area contributed by atoms with Crippen molar-refractivity contribution >= 4 is 44.0 Å². The number of nitrogens with one attached hydrogen (secondary N) is 1. The van der Waals surface area contributed by atoms with Gasteiger partial charge in [0.1, 0.15) is 17.3 Å². The van der Waals surface area contributed by atoms with Crippen LogP contribution in [0.25, 0.3) is 49.4 Å². The minimum Gasteiger partial charge on any atom is -0.455 e. The lowest BCUT2D eigenvalue weighted by Gasteiger charge is -2.26. The van der Waals surface area contributed by atoms with Crippen LogP contribution in [0.4, 0.5) is 0 Å². The van der Waals surface area contributed by atoms with Crippen molar-refractivity contribution in [1.82, 2.24) is 5.32 Å². The number of rotatable bonds is 6. The van der Waals surface area contributed by atoms with Gasteiger partial charge in [-0.15, -0.1) is 0 Å². The maximum atomic E-state index is 9.42. The molecule has 1 aliphatic heterocycles. The van der Waals surface area contributed by atoms with Crippen LogP contribution in [0.15, 0.2) is 191 Å². The quantitative estimate of drug-likeness (QED) is 0.187. The first kappa shape index (κ1) is 32.7. The van der Waals surface area contributed by atoms with Gasteiger partial charge in [0.25, 0.3) is 0 Å². The molecule has 0 amide bonds. The maximum Gasteiger partial charge on any atom is 0.145 e. The summed E-state index contributed by atoms with van der Waals surface area (Å²) in [5, 5.41) is 17.6. The third-order valence-electron chi connectivity index (χ3n) is 11.2. The Kier molecular flexibility index (Phi) is 8.19. The number of fused-ring (bicyclic) bond motifs is 5. The molecule has 2 atom stereocenters. The van der Waals surface area contributed by atoms with Crippen molar-refractivity contribution in [2.24, 2.45) is 4.99 Å². The highest BCUT2D eigenvalue weighted by molar-refractivity contribution is 6.21. The molecule has 262 valence electrons. The van der Waals surface area contributed by atoms with Crippen LogP contribution in [0.3, 0.4) is 0 Å². The van der Waals surface area contributed by atoms with E-state index in [0.29, 0.717) is 5.56 Å². The summed E-state index contributed by atoms with van der Waals surface area (Å²) in [6.45, 7) is 0. The first-order valence-corrected chi connectivity index (χ1v) is 19.0. The lowest BCUT2D eigenvalue weighted by Crippen LogP contribution is -2.27. The molecule has 10 rings (SSSR count). The van der Waals surface area contributed by atoms with Gasteiger partial charge in [-0.25, -0.2) is 0 Å². The Hall–Kier alpha value is -6.96. The van der Waals surface area contributed by atoms with Crippen LogP contribution in [0, 0.1) is 11.3 Å². The Morgan fingerprint density at radius 2 is 1.47 bits per heavy atom. The van der Waals surface area contributed by atoms with E-state index in [1.54, 1.807) is 0 Å². The van der Waals surface area contributed by atoms with E-state index in [1.807, 2.05) is 24.3 Å². The molecule has 4 heteroatoms. The molecule has 0 saturated carbocycles. The van der Waals surface area contributed by atoms with Gasteiger partial charge in [-0.2, -0.15) is 5.26 Å². The highest BCUT2D eigenvalue weighted by Gasteiger charge is 2.23. The Morgan fingerprint density at radius 1 is 0.691 bits per heavy atom. The van der Waals surface area contributed by atoms with E-state index in [9.17, 15) is 5.26 Å². The van der Waals surface area contributed by atoms with Gasteiger partial charge in [0.15, 0.2) is 0 Å². The van der Waals surface area contributed by atoms with Crippen LogP contribution in [0.2, 0.25) is 0 Å². The molecule has 0 bridgehead atoms. The summed E-state index contributed by atoms with van der Waals surface area (Å²) < 4.78 is 6.67. The molecule has 0 fully saturated rings. The van der Waals surface area contributed by atoms with Crippen molar-refractivity contribution in [3.8, 4) is 17.2 Å². The SMILES string of the molecule is N#Cc1ccc(-c2cc3c(oc4cccc(C5=CC=CC(c6ccc(C7=NC(c8ccccc8)NC(C8=CC=CCC8)=C7)cc6)C5)c43)c3ccccc23)cc1. The van der Waals surface area contributed by atoms with E-state index < -0.39 is 0 Å². The number of allylic oxidation sites excluding steroid dienone is 9. The summed E-state index contributed by atoms with van der Waals surface area (Å²) in [4.78, 5) is 5.20. The zero-order valence-electron chi connectivity index (χ0n) is 30.2. The molecule has 0 saturated heterocycles. The van der Waals surface area contributed by atoms with Crippen LogP contribution in [0.1, 0.15) is 59.2 Å². The fraction of sp³-hybridized carbons (Fsp3) is 0.0980. The number of hydrogen-bond acceptors (Lipinski definition) is 4. The number of hydrogen-bond donors (Lipinski definition) is 1. The minimum atomic E-state index is -0.142. The molecular weight excluding hydrogens is 671 g/mol. The first-order valence-electron chi connectivity index (χ1n) is 19.0. The topological polar surface area (TPSA) is 61.3 Å². The van der Waals surface area contributed by atoms with Gasteiger partial charge < -0.3 is 9.73 Å². The normalized spacial score (nSPS) is 18.0. The largest absolute Gasteiger partial charge is 0.455 e. The van der Waals surface area contributed by atoms with Crippen molar-refractivity contribution < 1.29 is 4.42 Å². The van der Waals surface area contributed by atoms with Crippen LogP contribution in [-0.2, 0) is 0 Å². The molecule has 55 heavy (non-hydrogen) atoms. The summed E-state index contributed by atoms with van der Waals surface area (Å²) in [5.41, 5.74) is 14.1. The lowest BCUT2D eigenvalue weighted by atomic mass is 9.84. The maximum absolute atomic E-state index is 9.42. The molecule has 3 aliphatic rings. The number of nitriles is 1. The summed E-state index contributed by atoms with van der Waals surface area (Å²) in [6, 6.07) is 46.8. The van der Waals surface area contributed by atoms with Gasteiger partial charge in [0.2, 0.25) is 0 Å². The van der Waals surface area contributed by atoms with E-state index in [0.717, 1.165) is 85.6 Å². The average molecular weight is 708 g/mol. The summed E-state index contributed by atoms with van der Waals surface area (Å²) >= 11 is 0. The predicted molar refractivity (Wildman–Crippen MR) is 226 cm³/mol. The molecule has 0 radical (unpaired) electrons. The van der Waals surface area contributed by atoms with Gasteiger partial charge in [-0.3, -0.25) is 4.99 Å². The highest BCUT2D eigenvalue weighted by atomic mass is 16.3. The second kappa shape index (κ2) is 13.8. The third-order valence-corrected chi connectivity index (χ3v) is 11.2. The van der Waals surface area contributed by atoms with Gasteiger partial charge in [0, 0.05) is 27.8 Å². The summed E-state index contributed by atoms with van der Waals surface area (Å²) in [6.07, 6.45) is 18.4. The zero-order valence-corrected chi connectivity index (χ0v) is 30.2. The van der Waals surface area contributed by atoms with Crippen LogP contribution in [0.5, 0.6) is 0 Å². The first-order chi connectivity index (χ1) is 27.2. The fourth-order valence-corrected chi connectivity index (χ4v) is 8.39. The molecule has 2 heterocycles. The Morgan fingerprint density at radius 3 is 2.27 bits per heavy atom. The Balaban J connectivity index is 0.988. The molecular formula is C51H37N3O. The second-order valence-electron chi connectivity index (χ2n) is 14.5. The molecule has 2 unspecified atom stereocenters. The summed E-state index contributed by atoms with van der Waals surface area (Å²) in [7, 11) is 0. The molecule has 7 aromatic rings. The molecule has 4 nitrogen and oxygen atoms in total. The molecule has 6 aromatic carbocycles. The monoisotopic (exact) mass is 707 g/mol. The van der Waals surface area contributed by atoms with Crippen molar-refractivity contribution in [3.63, 3.8) is 0 Å². The van der Waals surface area contributed by atoms with Gasteiger partial charge in [0.05, 0.1) is 17.3 Å². The molecule has 1 N–H and O–H groups in total. The molecule has 1 aromatic heterocycles. The number of nitrogens with zero attached hydrogens (tertiary/aromatic N) is 2. The standard InChI is InChI=1S/C51H37N3O/c52-32-33-21-23-35(24-22-33)44-30-45-49-41(19-10-20-48(49)55-50(45)43-18-8-7-17-42(43)44)40-16-9-15-39(29-40)34-25-27-37(28-26-34)47-31-46(36-11-3-1-4-12-36)53-51(54-47)38-13-5-2-6-14-38/h1-3,5-11,13-28,30-31,39,51,53H,4,12,29H2. The number of aliphatic imine (C=N–C) groups is 1. The number of benzene rings is 6. The van der Waals surface area contributed by atoms with Crippen molar-refractivity contribution in [2.75, 3.05) is 0 Å². The van der Waals surface area contributed by atoms with E-state index in [2.05, 4.69) is 157 Å². The zero-order chi connectivity index (χ0) is 36.7. The van der Waals surface area contributed by atoms with Gasteiger partial charge >= 0.3 is 0 Å². The third kappa shape index (κ3) is 6.01. The van der Waals surface area contributed by atoms with Crippen LogP contribution < -0.4 is 5.32 Å². The second-order valence-corrected chi connectivity index (χ2v) is 14.5. The Bertz CT molecular complexity index is 2860. The van der Waals surface area contributed by atoms with Gasteiger partial charge in [-0.1, -0.05) is 140 Å². The smallest absolute Gasteiger partial charge is 0.145 e. The van der Waals surface area contributed by atoms with Crippen molar-refractivity contribution in [1.29, 1.82) is 5.26 Å². The minimum absolute atomic E-state index is 0.142. The predicted octanol–water partition coefficient (Wildman–Crippen LogP) is 12.7. The fourth-order valence-electron chi connectivity index (χ4n) is 8.39. The van der Waals surface area contributed by atoms with E-state index in [1.165, 1.54) is 22.3 Å². The summed E-state index contributed by atoms with van der Waals surface area (Å²) in [5.74, 6) is 0.231. The molecule has 0 spiro atoms. The van der Waals surface area contributed by atoms with Crippen LogP contribution in [-0.4, -0.2) is 5.71 Å². The molecule has 2 aliphatic carbocycles. The van der Waals surface area contributed by atoms with Crippen molar-refractivity contribution in [2.45, 2.75) is 31.3 Å².